The Balaban J connectivity index is 1.27. The molecule has 168 valence electrons. The highest BCUT2D eigenvalue weighted by Gasteiger charge is 2.16. The number of piperazine rings is 1. The first-order valence-electron chi connectivity index (χ1n) is 11.2. The molecular weight excluding hydrogens is 414 g/mol. The molecule has 1 aliphatic rings. The number of nitrogens with one attached hydrogen (secondary N) is 2. The van der Waals surface area contributed by atoms with Crippen molar-refractivity contribution in [3.05, 3.63) is 83.9 Å². The summed E-state index contributed by atoms with van der Waals surface area (Å²) in [4.78, 5) is 17.5. The highest BCUT2D eigenvalue weighted by molar-refractivity contribution is 6.08. The number of rotatable bonds is 6. The number of aromatic nitrogens is 2. The highest BCUT2D eigenvalue weighted by Crippen LogP contribution is 2.26. The molecule has 4 aromatic rings. The number of fused-ring (bicyclic) bond motifs is 1. The summed E-state index contributed by atoms with van der Waals surface area (Å²) in [6, 6.07) is 23.5. The molecule has 0 radical (unpaired) electrons. The Morgan fingerprint density at radius 1 is 1.00 bits per heavy atom. The molecule has 2 N–H and O–H groups in total. The number of amides is 1. The number of carbonyl (C=O) groups is 1. The van der Waals surface area contributed by atoms with Gasteiger partial charge in [0.1, 0.15) is 12.4 Å². The fourth-order valence-electron chi connectivity index (χ4n) is 3.99. The molecule has 1 aromatic heterocycles. The lowest BCUT2D eigenvalue weighted by molar-refractivity contribution is 0.102. The van der Waals surface area contributed by atoms with Crippen molar-refractivity contribution in [2.24, 2.45) is 0 Å². The zero-order valence-corrected chi connectivity index (χ0v) is 18.6. The third-order valence-electron chi connectivity index (χ3n) is 6.01. The van der Waals surface area contributed by atoms with Crippen LogP contribution in [0.25, 0.3) is 10.9 Å². The van der Waals surface area contributed by atoms with E-state index < -0.39 is 0 Å². The molecule has 0 atom stereocenters. The molecule has 0 bridgehead atoms. The van der Waals surface area contributed by atoms with Crippen molar-refractivity contribution in [2.45, 2.75) is 6.61 Å². The average Bonchev–Trinajstić information content (AvgIpc) is 3.26. The topological polar surface area (TPSA) is 73.5 Å². The van der Waals surface area contributed by atoms with Crippen molar-refractivity contribution >= 4 is 28.3 Å². The molecule has 3 aromatic carbocycles. The van der Waals surface area contributed by atoms with E-state index in [9.17, 15) is 4.79 Å². The lowest BCUT2D eigenvalue weighted by Gasteiger charge is -2.34. The van der Waals surface area contributed by atoms with Crippen LogP contribution in [0.4, 0.5) is 11.5 Å². The standard InChI is InChI=1S/C26H27N5O2/c1-30-13-15-31(16-14-30)21-9-7-20(8-10-21)26(32)27-25-23-17-22(11-12-24(23)28-29-25)33-18-19-5-3-2-4-6-19/h2-12,17H,13-16,18H2,1H3,(H2,27,28,29,32). The monoisotopic (exact) mass is 441 g/mol. The normalized spacial score (nSPS) is 14.4. The molecular formula is C26H27N5O2. The van der Waals surface area contributed by atoms with Gasteiger partial charge in [0.15, 0.2) is 5.82 Å². The van der Waals surface area contributed by atoms with Gasteiger partial charge in [-0.1, -0.05) is 30.3 Å². The summed E-state index contributed by atoms with van der Waals surface area (Å²) < 4.78 is 5.93. The van der Waals surface area contributed by atoms with Crippen molar-refractivity contribution in [1.82, 2.24) is 15.1 Å². The summed E-state index contributed by atoms with van der Waals surface area (Å²) in [5.74, 6) is 1.02. The molecule has 1 fully saturated rings. The Hall–Kier alpha value is -3.84. The molecule has 0 saturated carbocycles. The average molecular weight is 442 g/mol. The summed E-state index contributed by atoms with van der Waals surface area (Å²) in [6.45, 7) is 4.56. The van der Waals surface area contributed by atoms with E-state index in [1.807, 2.05) is 72.8 Å². The number of benzene rings is 3. The summed E-state index contributed by atoms with van der Waals surface area (Å²) in [5.41, 5.74) is 3.67. The van der Waals surface area contributed by atoms with Gasteiger partial charge in [-0.05, 0) is 55.1 Å². The number of anilines is 2. The third-order valence-corrected chi connectivity index (χ3v) is 6.01. The van der Waals surface area contributed by atoms with Crippen LogP contribution in [0, 0.1) is 0 Å². The number of ether oxygens (including phenoxy) is 1. The van der Waals surface area contributed by atoms with Gasteiger partial charge in [-0.2, -0.15) is 5.10 Å². The number of aromatic amines is 1. The van der Waals surface area contributed by atoms with Crippen LogP contribution >= 0.6 is 0 Å². The van der Waals surface area contributed by atoms with Crippen molar-refractivity contribution < 1.29 is 9.53 Å². The van der Waals surface area contributed by atoms with Crippen LogP contribution in [0.15, 0.2) is 72.8 Å². The molecule has 0 spiro atoms. The van der Waals surface area contributed by atoms with Gasteiger partial charge in [0.2, 0.25) is 0 Å². The second-order valence-electron chi connectivity index (χ2n) is 8.35. The number of hydrogen-bond acceptors (Lipinski definition) is 5. The zero-order valence-electron chi connectivity index (χ0n) is 18.6. The van der Waals surface area contributed by atoms with Gasteiger partial charge >= 0.3 is 0 Å². The first-order valence-corrected chi connectivity index (χ1v) is 11.2. The Bertz CT molecular complexity index is 1230. The minimum absolute atomic E-state index is 0.191. The quantitative estimate of drug-likeness (QED) is 0.470. The van der Waals surface area contributed by atoms with Crippen molar-refractivity contribution in [1.29, 1.82) is 0 Å². The number of H-pyrrole nitrogens is 1. The van der Waals surface area contributed by atoms with Crippen LogP contribution in [-0.4, -0.2) is 54.2 Å². The van der Waals surface area contributed by atoms with Gasteiger partial charge in [-0.25, -0.2) is 0 Å². The van der Waals surface area contributed by atoms with Crippen molar-refractivity contribution in [2.75, 3.05) is 43.4 Å². The van der Waals surface area contributed by atoms with E-state index in [2.05, 4.69) is 32.4 Å². The van der Waals surface area contributed by atoms with Gasteiger partial charge in [0, 0.05) is 42.8 Å². The van der Waals surface area contributed by atoms with E-state index >= 15 is 0 Å². The minimum Gasteiger partial charge on any atom is -0.489 e. The molecule has 2 heterocycles. The van der Waals surface area contributed by atoms with Crippen LogP contribution in [0.1, 0.15) is 15.9 Å². The molecule has 0 aliphatic carbocycles. The van der Waals surface area contributed by atoms with Crippen LogP contribution in [0.3, 0.4) is 0 Å². The molecule has 1 amide bonds. The van der Waals surface area contributed by atoms with E-state index in [1.165, 1.54) is 0 Å². The molecule has 5 rings (SSSR count). The largest absolute Gasteiger partial charge is 0.489 e. The maximum absolute atomic E-state index is 12.9. The fourth-order valence-corrected chi connectivity index (χ4v) is 3.99. The van der Waals surface area contributed by atoms with Crippen LogP contribution < -0.4 is 15.0 Å². The maximum atomic E-state index is 12.9. The molecule has 1 aliphatic heterocycles. The Morgan fingerprint density at radius 2 is 1.76 bits per heavy atom. The summed E-state index contributed by atoms with van der Waals surface area (Å²) in [6.07, 6.45) is 0. The van der Waals surface area contributed by atoms with Crippen LogP contribution in [-0.2, 0) is 6.61 Å². The number of carbonyl (C=O) groups excluding carboxylic acids is 1. The third kappa shape index (κ3) is 4.83. The van der Waals surface area contributed by atoms with Crippen LogP contribution in [0.2, 0.25) is 0 Å². The van der Waals surface area contributed by atoms with Gasteiger partial charge < -0.3 is 19.9 Å². The summed E-state index contributed by atoms with van der Waals surface area (Å²) in [5, 5.41) is 11.0. The van der Waals surface area contributed by atoms with E-state index in [-0.39, 0.29) is 5.91 Å². The lowest BCUT2D eigenvalue weighted by Crippen LogP contribution is -2.44. The lowest BCUT2D eigenvalue weighted by atomic mass is 10.1. The van der Waals surface area contributed by atoms with Gasteiger partial charge in [-0.15, -0.1) is 0 Å². The first-order chi connectivity index (χ1) is 16.2. The number of hydrogen-bond donors (Lipinski definition) is 2. The SMILES string of the molecule is CN1CCN(c2ccc(C(=O)Nc3n[nH]c4ccc(OCc5ccccc5)cc34)cc2)CC1. The summed E-state index contributed by atoms with van der Waals surface area (Å²) in [7, 11) is 2.14. The maximum Gasteiger partial charge on any atom is 0.256 e. The van der Waals surface area contributed by atoms with Crippen LogP contribution in [0.5, 0.6) is 5.75 Å². The molecule has 1 saturated heterocycles. The molecule has 33 heavy (non-hydrogen) atoms. The zero-order chi connectivity index (χ0) is 22.6. The second kappa shape index (κ2) is 9.34. The number of likely N-dealkylation sites (N-methyl/N-ethyl adjacent to an activating group) is 1. The van der Waals surface area contributed by atoms with Gasteiger partial charge in [0.05, 0.1) is 5.52 Å². The molecule has 0 unspecified atom stereocenters. The second-order valence-corrected chi connectivity index (χ2v) is 8.35. The smallest absolute Gasteiger partial charge is 0.256 e. The van der Waals surface area contributed by atoms with Gasteiger partial charge in [0.25, 0.3) is 5.91 Å². The summed E-state index contributed by atoms with van der Waals surface area (Å²) >= 11 is 0. The fraction of sp³-hybridized carbons (Fsp3) is 0.231. The van der Waals surface area contributed by atoms with E-state index in [0.29, 0.717) is 18.0 Å². The van der Waals surface area contributed by atoms with Crippen molar-refractivity contribution in [3.63, 3.8) is 0 Å². The Kier molecular flexibility index (Phi) is 5.95. The Morgan fingerprint density at radius 3 is 2.52 bits per heavy atom. The first kappa shape index (κ1) is 21.0. The molecule has 7 heteroatoms. The van der Waals surface area contributed by atoms with Crippen molar-refractivity contribution in [3.8, 4) is 5.75 Å². The predicted octanol–water partition coefficient (Wildman–Crippen LogP) is 4.15. The number of nitrogens with zero attached hydrogens (tertiary/aromatic N) is 3. The Labute approximate surface area is 193 Å². The van der Waals surface area contributed by atoms with E-state index in [1.54, 1.807) is 0 Å². The predicted molar refractivity (Wildman–Crippen MR) is 131 cm³/mol. The minimum atomic E-state index is -0.191. The molecule has 7 nitrogen and oxygen atoms in total. The van der Waals surface area contributed by atoms with Gasteiger partial charge in [-0.3, -0.25) is 9.89 Å². The van der Waals surface area contributed by atoms with E-state index in [0.717, 1.165) is 54.1 Å². The van der Waals surface area contributed by atoms with E-state index in [4.69, 9.17) is 4.74 Å². The highest BCUT2D eigenvalue weighted by atomic mass is 16.5.